The molecule has 71 heavy (non-hydrogen) atoms. The molecule has 0 N–H and O–H groups in total. The van der Waals surface area contributed by atoms with Crippen molar-refractivity contribution in [2.24, 2.45) is 0 Å². The molecule has 2 atom stereocenters. The second-order valence-corrected chi connectivity index (χ2v) is 19.1. The molecule has 9 nitrogen and oxygen atoms in total. The number of quaternary nitrogens is 1. The number of rotatable bonds is 49. The minimum Gasteiger partial charge on any atom is -0.545 e. The molecule has 0 bridgehead atoms. The third kappa shape index (κ3) is 53.3. The van der Waals surface area contributed by atoms with Gasteiger partial charge in [0.1, 0.15) is 13.2 Å². The van der Waals surface area contributed by atoms with Crippen LogP contribution in [-0.4, -0.2) is 82.3 Å². The van der Waals surface area contributed by atoms with E-state index in [1.807, 2.05) is 21.1 Å². The number of allylic oxidation sites excluding steroid dienone is 20. The largest absolute Gasteiger partial charge is 0.545 e. The van der Waals surface area contributed by atoms with E-state index in [0.717, 1.165) is 122 Å². The first kappa shape index (κ1) is 66.7. The number of carboxylic acids is 1. The summed E-state index contributed by atoms with van der Waals surface area (Å²) in [6.07, 6.45) is 70.3. The molecule has 0 aliphatic carbocycles. The minimum atomic E-state index is -1.62. The highest BCUT2D eigenvalue weighted by Crippen LogP contribution is 2.14. The molecular formula is C62H101NO8. The van der Waals surface area contributed by atoms with Gasteiger partial charge in [0.05, 0.1) is 40.3 Å². The maximum absolute atomic E-state index is 12.7. The maximum atomic E-state index is 12.7. The third-order valence-electron chi connectivity index (χ3n) is 11.2. The summed E-state index contributed by atoms with van der Waals surface area (Å²) in [6, 6.07) is 0. The lowest BCUT2D eigenvalue weighted by Gasteiger charge is -2.26. The van der Waals surface area contributed by atoms with Crippen molar-refractivity contribution in [1.82, 2.24) is 0 Å². The summed E-state index contributed by atoms with van der Waals surface area (Å²) in [4.78, 5) is 36.7. The van der Waals surface area contributed by atoms with E-state index >= 15 is 0 Å². The molecule has 9 heteroatoms. The summed E-state index contributed by atoms with van der Waals surface area (Å²) in [5, 5.41) is 11.7. The molecule has 0 spiro atoms. The lowest BCUT2D eigenvalue weighted by atomic mass is 10.0. The second kappa shape index (κ2) is 52.0. The van der Waals surface area contributed by atoms with Crippen LogP contribution < -0.4 is 5.11 Å². The van der Waals surface area contributed by atoms with Gasteiger partial charge in [-0.25, -0.2) is 0 Å². The van der Waals surface area contributed by atoms with Crippen LogP contribution in [-0.2, 0) is 33.3 Å². The fourth-order valence-electron chi connectivity index (χ4n) is 6.97. The average Bonchev–Trinajstić information content (AvgIpc) is 3.34. The van der Waals surface area contributed by atoms with E-state index in [9.17, 15) is 19.5 Å². The number of nitrogens with zero attached hydrogens (tertiary/aromatic N) is 1. The van der Waals surface area contributed by atoms with E-state index in [-0.39, 0.29) is 38.6 Å². The Balaban J connectivity index is 3.99. The van der Waals surface area contributed by atoms with Crippen molar-refractivity contribution in [3.63, 3.8) is 0 Å². The smallest absolute Gasteiger partial charge is 0.306 e. The fourth-order valence-corrected chi connectivity index (χ4v) is 6.97. The number of hydrogen-bond acceptors (Lipinski definition) is 8. The van der Waals surface area contributed by atoms with E-state index in [0.29, 0.717) is 17.4 Å². The lowest BCUT2D eigenvalue weighted by molar-refractivity contribution is -0.870. The number of carbonyl (C=O) groups excluding carboxylic acids is 3. The fraction of sp³-hybridized carbons (Fsp3) is 0.629. The van der Waals surface area contributed by atoms with Crippen LogP contribution >= 0.6 is 0 Å². The zero-order valence-electron chi connectivity index (χ0n) is 45.5. The summed E-state index contributed by atoms with van der Waals surface area (Å²) in [5.74, 6) is -2.32. The number of carboxylic acid groups (broad SMARTS) is 1. The van der Waals surface area contributed by atoms with Gasteiger partial charge in [-0.1, -0.05) is 212 Å². The molecule has 2 unspecified atom stereocenters. The average molecular weight is 988 g/mol. The predicted molar refractivity (Wildman–Crippen MR) is 296 cm³/mol. The van der Waals surface area contributed by atoms with Crippen molar-refractivity contribution < 1.29 is 42.9 Å². The standard InChI is InChI=1S/C62H101NO8/c1-6-8-10-12-13-14-15-16-17-18-19-20-21-22-23-24-25-26-27-28-29-30-31-32-33-34-35-36-37-38-39-40-41-42-43-44-45-46-47-49-51-53-60(65)71-58(56-69-59(64)52-50-48-11-9-7-2)57-70-62(61(66)67)68-55-54-63(3,4)5/h8,10,13-14,16-17,19-20,22-23,25-26,28-29,31-32,34-35,37-38,58,62H,6-7,9,11-12,15,18,21,24,27,30,33,36,39-57H2,1-5H3/b10-8-,14-13-,17-16-,20-19-,23-22-,26-25-,29-28-,32-31-,35-34-,38-37-. The molecular weight excluding hydrogens is 887 g/mol. The highest BCUT2D eigenvalue weighted by Gasteiger charge is 2.22. The van der Waals surface area contributed by atoms with Gasteiger partial charge in [0, 0.05) is 12.8 Å². The van der Waals surface area contributed by atoms with Crippen molar-refractivity contribution in [3.8, 4) is 0 Å². The van der Waals surface area contributed by atoms with Gasteiger partial charge >= 0.3 is 11.9 Å². The van der Waals surface area contributed by atoms with Crippen molar-refractivity contribution in [1.29, 1.82) is 0 Å². The number of likely N-dealkylation sites (N-methyl/N-ethyl adjacent to an activating group) is 1. The van der Waals surface area contributed by atoms with Gasteiger partial charge < -0.3 is 33.3 Å². The molecule has 0 heterocycles. The van der Waals surface area contributed by atoms with Crippen molar-refractivity contribution >= 4 is 17.9 Å². The van der Waals surface area contributed by atoms with Gasteiger partial charge in [0.15, 0.2) is 12.4 Å². The lowest BCUT2D eigenvalue weighted by Crippen LogP contribution is -2.44. The number of unbranched alkanes of at least 4 members (excludes halogenated alkanes) is 14. The molecule has 0 aromatic heterocycles. The quantitative estimate of drug-likeness (QED) is 0.0195. The van der Waals surface area contributed by atoms with Crippen LogP contribution in [0.15, 0.2) is 122 Å². The molecule has 402 valence electrons. The molecule has 0 radical (unpaired) electrons. The van der Waals surface area contributed by atoms with Crippen LogP contribution in [0.5, 0.6) is 0 Å². The zero-order chi connectivity index (χ0) is 52.0. The minimum absolute atomic E-state index is 0.142. The number of aliphatic carboxylic acids is 1. The highest BCUT2D eigenvalue weighted by molar-refractivity contribution is 5.70. The Morgan fingerprint density at radius 1 is 0.437 bits per heavy atom. The van der Waals surface area contributed by atoms with Crippen molar-refractivity contribution in [2.75, 3.05) is 47.5 Å². The van der Waals surface area contributed by atoms with Crippen LogP contribution in [0.25, 0.3) is 0 Å². The van der Waals surface area contributed by atoms with E-state index in [2.05, 4.69) is 135 Å². The van der Waals surface area contributed by atoms with Crippen molar-refractivity contribution in [2.45, 2.75) is 206 Å². The molecule has 0 saturated heterocycles. The summed E-state index contributed by atoms with van der Waals surface area (Å²) in [7, 11) is 5.89. The van der Waals surface area contributed by atoms with E-state index < -0.39 is 24.3 Å². The Hall–Kier alpha value is -4.31. The Kier molecular flexibility index (Phi) is 48.9. The Morgan fingerprint density at radius 3 is 1.20 bits per heavy atom. The number of ether oxygens (including phenoxy) is 4. The number of carbonyl (C=O) groups is 3. The third-order valence-corrected chi connectivity index (χ3v) is 11.2. The summed E-state index contributed by atoms with van der Waals surface area (Å²) in [5.41, 5.74) is 0. The van der Waals surface area contributed by atoms with E-state index in [4.69, 9.17) is 18.9 Å². The first-order valence-corrected chi connectivity index (χ1v) is 27.7. The molecule has 0 aromatic rings. The Labute approximate surface area is 434 Å². The SMILES string of the molecule is CC/C=C\C/C=C\C/C=C\C/C=C\C/C=C\C/C=C\C/C=C\C/C=C\C/C=C\C/C=C\CCCCCCCCCCCCC(=O)OC(COC(=O)CCCCCCC)COC(OCC[N+](C)(C)C)C(=O)[O-]. The summed E-state index contributed by atoms with van der Waals surface area (Å²) in [6.45, 7) is 4.50. The monoisotopic (exact) mass is 988 g/mol. The number of esters is 2. The van der Waals surface area contributed by atoms with Gasteiger partial charge in [-0.3, -0.25) is 9.59 Å². The zero-order valence-corrected chi connectivity index (χ0v) is 45.5. The molecule has 0 saturated carbocycles. The summed E-state index contributed by atoms with van der Waals surface area (Å²) < 4.78 is 22.4. The second-order valence-electron chi connectivity index (χ2n) is 19.1. The number of hydrogen-bond donors (Lipinski definition) is 0. The molecule has 0 aliphatic heterocycles. The van der Waals surface area contributed by atoms with Gasteiger partial charge in [0.25, 0.3) is 0 Å². The Bertz CT molecular complexity index is 1570. The topological polar surface area (TPSA) is 111 Å². The van der Waals surface area contributed by atoms with Crippen LogP contribution in [0.2, 0.25) is 0 Å². The Morgan fingerprint density at radius 2 is 0.803 bits per heavy atom. The van der Waals surface area contributed by atoms with Crippen LogP contribution in [0, 0.1) is 0 Å². The molecule has 0 fully saturated rings. The van der Waals surface area contributed by atoms with E-state index in [1.165, 1.54) is 38.5 Å². The van der Waals surface area contributed by atoms with Gasteiger partial charge in [-0.05, 0) is 89.9 Å². The van der Waals surface area contributed by atoms with Gasteiger partial charge in [-0.15, -0.1) is 0 Å². The van der Waals surface area contributed by atoms with Crippen LogP contribution in [0.3, 0.4) is 0 Å². The molecule has 0 rings (SSSR count). The van der Waals surface area contributed by atoms with Gasteiger partial charge in [-0.2, -0.15) is 0 Å². The predicted octanol–water partition coefficient (Wildman–Crippen LogP) is 14.8. The normalized spacial score (nSPS) is 13.8. The highest BCUT2D eigenvalue weighted by atomic mass is 16.7. The summed E-state index contributed by atoms with van der Waals surface area (Å²) >= 11 is 0. The first-order valence-electron chi connectivity index (χ1n) is 27.7. The van der Waals surface area contributed by atoms with Crippen molar-refractivity contribution in [3.05, 3.63) is 122 Å². The first-order chi connectivity index (χ1) is 34.6. The van der Waals surface area contributed by atoms with Gasteiger partial charge in [0.2, 0.25) is 0 Å². The maximum Gasteiger partial charge on any atom is 0.306 e. The molecule has 0 aromatic carbocycles. The molecule has 0 amide bonds. The van der Waals surface area contributed by atoms with E-state index in [1.54, 1.807) is 0 Å². The van der Waals surface area contributed by atoms with Crippen LogP contribution in [0.1, 0.15) is 194 Å². The molecule has 0 aliphatic rings. The van der Waals surface area contributed by atoms with Crippen LogP contribution in [0.4, 0.5) is 0 Å².